The van der Waals surface area contributed by atoms with Gasteiger partial charge in [-0.25, -0.2) is 4.98 Å². The molecule has 2 aromatic rings. The number of nitrogens with zero attached hydrogens (tertiary/aromatic N) is 2. The van der Waals surface area contributed by atoms with Crippen LogP contribution in [0.3, 0.4) is 0 Å². The van der Waals surface area contributed by atoms with Gasteiger partial charge in [0.15, 0.2) is 5.13 Å². The lowest BCUT2D eigenvalue weighted by atomic mass is 10.2. The van der Waals surface area contributed by atoms with Gasteiger partial charge in [-0.1, -0.05) is 11.3 Å². The Kier molecular flexibility index (Phi) is 3.29. The maximum atomic E-state index is 12.0. The Morgan fingerprint density at radius 3 is 3.33 bits per heavy atom. The number of thiazole rings is 1. The predicted molar refractivity (Wildman–Crippen MR) is 73.4 cm³/mol. The second kappa shape index (κ2) is 4.93. The highest BCUT2D eigenvalue weighted by atomic mass is 32.2. The fourth-order valence-electron chi connectivity index (χ4n) is 1.84. The van der Waals surface area contributed by atoms with Crippen molar-refractivity contribution in [3.05, 3.63) is 11.4 Å². The molecule has 3 heterocycles. The number of fused-ring (bicyclic) bond motifs is 1. The van der Waals surface area contributed by atoms with Gasteiger partial charge in [0.2, 0.25) is 0 Å². The highest BCUT2D eigenvalue weighted by molar-refractivity contribution is 7.39. The normalized spacial score (nSPS) is 21.3. The van der Waals surface area contributed by atoms with Crippen LogP contribution in [0.15, 0.2) is 11.4 Å². The number of carbonyl (C=O) groups excluding carboxylic acids is 1. The van der Waals surface area contributed by atoms with Crippen LogP contribution in [0.5, 0.6) is 0 Å². The Balaban J connectivity index is 1.68. The first-order valence-electron chi connectivity index (χ1n) is 5.67. The van der Waals surface area contributed by atoms with Gasteiger partial charge in [-0.15, -0.1) is 11.3 Å². The molecule has 96 valence electrons. The quantitative estimate of drug-likeness (QED) is 0.910. The van der Waals surface area contributed by atoms with E-state index in [0.717, 1.165) is 16.1 Å². The number of morpholine rings is 1. The van der Waals surface area contributed by atoms with Crippen molar-refractivity contribution in [3.8, 4) is 0 Å². The fraction of sp³-hybridized carbons (Fsp3) is 0.455. The molecular formula is C11H13N3O2S2. The predicted octanol–water partition coefficient (Wildman–Crippen LogP) is 1.63. The summed E-state index contributed by atoms with van der Waals surface area (Å²) in [6, 6.07) is 1.96. The van der Waals surface area contributed by atoms with Gasteiger partial charge in [0.05, 0.1) is 12.1 Å². The van der Waals surface area contributed by atoms with Crippen molar-refractivity contribution in [1.82, 2.24) is 9.88 Å². The number of nitrogens with one attached hydrogen (secondary N) is 1. The molecule has 1 aliphatic heterocycles. The summed E-state index contributed by atoms with van der Waals surface area (Å²) < 4.78 is 6.60. The van der Waals surface area contributed by atoms with Crippen molar-refractivity contribution in [2.75, 3.05) is 32.1 Å². The molecule has 2 aromatic heterocycles. The summed E-state index contributed by atoms with van der Waals surface area (Å²) in [6.07, 6.45) is -0.398. The first-order valence-corrected chi connectivity index (χ1v) is 7.37. The van der Waals surface area contributed by atoms with Crippen LogP contribution in [-0.2, 0) is 9.53 Å². The lowest BCUT2D eigenvalue weighted by molar-refractivity contribution is -0.132. The maximum Gasteiger partial charge on any atom is 0.256 e. The molecule has 0 bridgehead atoms. The molecule has 1 fully saturated rings. The van der Waals surface area contributed by atoms with Crippen molar-refractivity contribution >= 4 is 43.2 Å². The van der Waals surface area contributed by atoms with Crippen molar-refractivity contribution in [2.45, 2.75) is 6.10 Å². The van der Waals surface area contributed by atoms with Crippen molar-refractivity contribution in [3.63, 3.8) is 0 Å². The van der Waals surface area contributed by atoms with Gasteiger partial charge in [-0.05, 0) is 18.5 Å². The highest BCUT2D eigenvalue weighted by Crippen LogP contribution is 2.30. The van der Waals surface area contributed by atoms with Crippen LogP contribution in [0, 0.1) is 0 Å². The number of aromatic nitrogens is 1. The second-order valence-corrected chi connectivity index (χ2v) is 6.40. The molecule has 1 unspecified atom stereocenters. The van der Waals surface area contributed by atoms with Crippen LogP contribution in [-0.4, -0.2) is 48.6 Å². The van der Waals surface area contributed by atoms with Crippen molar-refractivity contribution in [1.29, 1.82) is 0 Å². The number of hydrogen-bond acceptors (Lipinski definition) is 6. The molecule has 7 heteroatoms. The summed E-state index contributed by atoms with van der Waals surface area (Å²) in [4.78, 5) is 18.5. The van der Waals surface area contributed by atoms with E-state index >= 15 is 0 Å². The summed E-state index contributed by atoms with van der Waals surface area (Å²) in [5.41, 5.74) is 0.946. The Bertz CT molecular complexity index is 537. The molecule has 3 rings (SSSR count). The average Bonchev–Trinajstić information content (AvgIpc) is 2.89. The SMILES string of the molecule is CN1CCOC(C(=O)Nc2nc3ccsc3s2)C1. The Morgan fingerprint density at radius 1 is 1.67 bits per heavy atom. The lowest BCUT2D eigenvalue weighted by Crippen LogP contribution is -2.46. The van der Waals surface area contributed by atoms with Crippen LogP contribution >= 0.6 is 22.7 Å². The summed E-state index contributed by atoms with van der Waals surface area (Å²) in [6.45, 7) is 2.10. The van der Waals surface area contributed by atoms with Crippen LogP contribution < -0.4 is 5.32 Å². The van der Waals surface area contributed by atoms with Crippen molar-refractivity contribution in [2.24, 2.45) is 0 Å². The summed E-state index contributed by atoms with van der Waals surface area (Å²) in [5.74, 6) is -0.108. The van der Waals surface area contributed by atoms with Crippen molar-refractivity contribution < 1.29 is 9.53 Å². The van der Waals surface area contributed by atoms with Gasteiger partial charge in [0.25, 0.3) is 5.91 Å². The number of carbonyl (C=O) groups is 1. The molecule has 1 saturated heterocycles. The molecular weight excluding hydrogens is 270 g/mol. The van der Waals surface area contributed by atoms with Gasteiger partial charge in [-0.2, -0.15) is 0 Å². The third-order valence-corrected chi connectivity index (χ3v) is 4.83. The van der Waals surface area contributed by atoms with Crippen LogP contribution in [0.2, 0.25) is 0 Å². The molecule has 0 saturated carbocycles. The molecule has 1 atom stereocenters. The molecule has 1 N–H and O–H groups in total. The highest BCUT2D eigenvalue weighted by Gasteiger charge is 2.25. The van der Waals surface area contributed by atoms with E-state index in [1.54, 1.807) is 11.3 Å². The molecule has 1 amide bonds. The molecule has 18 heavy (non-hydrogen) atoms. The number of hydrogen-bond donors (Lipinski definition) is 1. The molecule has 0 aromatic carbocycles. The van der Waals surface area contributed by atoms with E-state index in [0.29, 0.717) is 18.3 Å². The zero-order valence-electron chi connectivity index (χ0n) is 9.88. The van der Waals surface area contributed by atoms with Crippen LogP contribution in [0.1, 0.15) is 0 Å². The monoisotopic (exact) mass is 283 g/mol. The van der Waals surface area contributed by atoms with Gasteiger partial charge >= 0.3 is 0 Å². The smallest absolute Gasteiger partial charge is 0.256 e. The number of likely N-dealkylation sites (N-methyl/N-ethyl adjacent to an activating group) is 1. The van der Waals surface area contributed by atoms with Gasteiger partial charge in [0, 0.05) is 13.1 Å². The van der Waals surface area contributed by atoms with E-state index in [4.69, 9.17) is 4.74 Å². The minimum absolute atomic E-state index is 0.108. The minimum Gasteiger partial charge on any atom is -0.366 e. The van der Waals surface area contributed by atoms with E-state index in [1.807, 2.05) is 18.5 Å². The number of rotatable bonds is 2. The molecule has 1 aliphatic rings. The molecule has 0 radical (unpaired) electrons. The van der Waals surface area contributed by atoms with Gasteiger partial charge in [0.1, 0.15) is 10.1 Å². The topological polar surface area (TPSA) is 54.5 Å². The Morgan fingerprint density at radius 2 is 2.56 bits per heavy atom. The zero-order valence-corrected chi connectivity index (χ0v) is 11.5. The fourth-order valence-corrected chi connectivity index (χ4v) is 3.68. The summed E-state index contributed by atoms with van der Waals surface area (Å²) in [5, 5.41) is 5.48. The van der Waals surface area contributed by atoms with E-state index in [9.17, 15) is 4.79 Å². The average molecular weight is 283 g/mol. The summed E-state index contributed by atoms with van der Waals surface area (Å²) >= 11 is 3.14. The number of amides is 1. The Hall–Kier alpha value is -1.02. The first kappa shape index (κ1) is 12.0. The third kappa shape index (κ3) is 2.39. The first-order chi connectivity index (χ1) is 8.72. The van der Waals surface area contributed by atoms with E-state index in [-0.39, 0.29) is 5.91 Å². The number of ether oxygens (including phenoxy) is 1. The Labute approximate surface area is 112 Å². The van der Waals surface area contributed by atoms with E-state index in [1.165, 1.54) is 11.3 Å². The third-order valence-electron chi connectivity index (χ3n) is 2.81. The zero-order chi connectivity index (χ0) is 12.5. The van der Waals surface area contributed by atoms with Gasteiger partial charge < -0.3 is 9.64 Å². The molecule has 5 nitrogen and oxygen atoms in total. The lowest BCUT2D eigenvalue weighted by Gasteiger charge is -2.28. The molecule has 0 spiro atoms. The number of thiophene rings is 1. The van der Waals surface area contributed by atoms with Gasteiger partial charge in [-0.3, -0.25) is 10.1 Å². The maximum absolute atomic E-state index is 12.0. The van der Waals surface area contributed by atoms with Crippen LogP contribution in [0.25, 0.3) is 9.53 Å². The van der Waals surface area contributed by atoms with E-state index in [2.05, 4.69) is 15.2 Å². The minimum atomic E-state index is -0.398. The second-order valence-electron chi connectivity index (χ2n) is 4.22. The largest absolute Gasteiger partial charge is 0.366 e. The standard InChI is InChI=1S/C11H13N3O2S2/c1-14-3-4-16-8(6-14)9(15)13-11-12-7-2-5-17-10(7)18-11/h2,5,8H,3-4,6H2,1H3,(H,12,13,15). The molecule has 0 aliphatic carbocycles. The van der Waals surface area contributed by atoms with Crippen LogP contribution in [0.4, 0.5) is 5.13 Å². The summed E-state index contributed by atoms with van der Waals surface area (Å²) in [7, 11) is 1.99. The number of anilines is 1. The van der Waals surface area contributed by atoms with E-state index < -0.39 is 6.10 Å².